The molecule has 0 radical (unpaired) electrons. The number of benzene rings is 2. The Kier molecular flexibility index (Phi) is 7.68. The maximum absolute atomic E-state index is 12.4. The summed E-state index contributed by atoms with van der Waals surface area (Å²) >= 11 is 0. The molecule has 0 unspecified atom stereocenters. The minimum Gasteiger partial charge on any atom is -0.489 e. The molecule has 0 aliphatic carbocycles. The molecule has 0 saturated heterocycles. The maximum Gasteiger partial charge on any atom is 0.361 e. The number of nitrogens with zero attached hydrogens (tertiary/aromatic N) is 1. The lowest BCUT2D eigenvalue weighted by Crippen LogP contribution is -2.21. The van der Waals surface area contributed by atoms with Crippen LogP contribution >= 0.6 is 0 Å². The summed E-state index contributed by atoms with van der Waals surface area (Å²) in [7, 11) is 1.41. The SMILES string of the molecule is CCCCOC(=O)C(=NOC)c1ccccc1COc1ccccc1C. The first-order valence-electron chi connectivity index (χ1n) is 8.72. The summed E-state index contributed by atoms with van der Waals surface area (Å²) in [6.45, 7) is 4.70. The molecule has 0 aliphatic rings. The van der Waals surface area contributed by atoms with Crippen molar-refractivity contribution >= 4 is 11.7 Å². The third kappa shape index (κ3) is 5.34. The Morgan fingerprint density at radius 3 is 2.54 bits per heavy atom. The van der Waals surface area contributed by atoms with Crippen LogP contribution in [0.3, 0.4) is 0 Å². The average Bonchev–Trinajstić information content (AvgIpc) is 2.66. The molecule has 0 saturated carbocycles. The Morgan fingerprint density at radius 2 is 1.81 bits per heavy atom. The van der Waals surface area contributed by atoms with Crippen LogP contribution in [0.4, 0.5) is 0 Å². The highest BCUT2D eigenvalue weighted by Gasteiger charge is 2.20. The molecule has 0 bridgehead atoms. The molecule has 26 heavy (non-hydrogen) atoms. The topological polar surface area (TPSA) is 57.1 Å². The first-order chi connectivity index (χ1) is 12.7. The van der Waals surface area contributed by atoms with Gasteiger partial charge >= 0.3 is 5.97 Å². The van der Waals surface area contributed by atoms with Gasteiger partial charge in [-0.05, 0) is 30.5 Å². The molecular formula is C21H25NO4. The van der Waals surface area contributed by atoms with Gasteiger partial charge in [-0.3, -0.25) is 0 Å². The van der Waals surface area contributed by atoms with Gasteiger partial charge in [-0.2, -0.15) is 0 Å². The van der Waals surface area contributed by atoms with Crippen LogP contribution in [0.25, 0.3) is 0 Å². The van der Waals surface area contributed by atoms with Crippen molar-refractivity contribution < 1.29 is 19.1 Å². The van der Waals surface area contributed by atoms with Gasteiger partial charge in [0.25, 0.3) is 0 Å². The molecule has 138 valence electrons. The Balaban J connectivity index is 2.20. The van der Waals surface area contributed by atoms with Crippen LogP contribution in [-0.4, -0.2) is 25.4 Å². The number of ether oxygens (including phenoxy) is 2. The predicted octanol–water partition coefficient (Wildman–Crippen LogP) is 4.27. The van der Waals surface area contributed by atoms with E-state index >= 15 is 0 Å². The molecule has 2 rings (SSSR count). The summed E-state index contributed by atoms with van der Waals surface area (Å²) in [6, 6.07) is 15.3. The number of hydrogen-bond acceptors (Lipinski definition) is 5. The standard InChI is InChI=1S/C21H25NO4/c1-4-5-14-25-21(23)20(22-24-3)18-12-8-7-11-17(18)15-26-19-13-9-6-10-16(19)2/h6-13H,4-5,14-15H2,1-3H3. The summed E-state index contributed by atoms with van der Waals surface area (Å²) in [5.41, 5.74) is 2.67. The van der Waals surface area contributed by atoms with Gasteiger partial charge in [0, 0.05) is 5.56 Å². The van der Waals surface area contributed by atoms with Gasteiger partial charge in [-0.25, -0.2) is 4.79 Å². The zero-order valence-electron chi connectivity index (χ0n) is 15.5. The number of oxime groups is 1. The van der Waals surface area contributed by atoms with Crippen LogP contribution in [0.15, 0.2) is 53.7 Å². The normalized spacial score (nSPS) is 11.1. The third-order valence-electron chi connectivity index (χ3n) is 3.86. The molecular weight excluding hydrogens is 330 g/mol. The number of unbranched alkanes of at least 4 members (excludes halogenated alkanes) is 1. The lowest BCUT2D eigenvalue weighted by Gasteiger charge is -2.13. The van der Waals surface area contributed by atoms with Gasteiger partial charge in [0.2, 0.25) is 0 Å². The summed E-state index contributed by atoms with van der Waals surface area (Å²) < 4.78 is 11.2. The van der Waals surface area contributed by atoms with Crippen LogP contribution in [0.2, 0.25) is 0 Å². The lowest BCUT2D eigenvalue weighted by molar-refractivity contribution is -0.135. The minimum absolute atomic E-state index is 0.146. The maximum atomic E-state index is 12.4. The summed E-state index contributed by atoms with van der Waals surface area (Å²) in [4.78, 5) is 17.3. The second-order valence-corrected chi connectivity index (χ2v) is 5.82. The molecule has 2 aromatic carbocycles. The Labute approximate surface area is 154 Å². The molecule has 0 aliphatic heterocycles. The fraction of sp³-hybridized carbons (Fsp3) is 0.333. The summed E-state index contributed by atoms with van der Waals surface area (Å²) in [5, 5.41) is 3.89. The fourth-order valence-corrected chi connectivity index (χ4v) is 2.42. The van der Waals surface area contributed by atoms with E-state index < -0.39 is 5.97 Å². The van der Waals surface area contributed by atoms with Gasteiger partial charge < -0.3 is 14.3 Å². The van der Waals surface area contributed by atoms with E-state index in [1.54, 1.807) is 0 Å². The van der Waals surface area contributed by atoms with Gasteiger partial charge in [0.1, 0.15) is 19.5 Å². The molecule has 2 aromatic rings. The predicted molar refractivity (Wildman–Crippen MR) is 101 cm³/mol. The zero-order chi connectivity index (χ0) is 18.8. The van der Waals surface area contributed by atoms with Crippen LogP contribution in [0.5, 0.6) is 5.75 Å². The van der Waals surface area contributed by atoms with E-state index in [4.69, 9.17) is 14.3 Å². The Bertz CT molecular complexity index is 755. The van der Waals surface area contributed by atoms with Gasteiger partial charge in [0.15, 0.2) is 5.71 Å². The molecule has 0 heterocycles. The van der Waals surface area contributed by atoms with E-state index in [-0.39, 0.29) is 5.71 Å². The minimum atomic E-state index is -0.497. The zero-order valence-corrected chi connectivity index (χ0v) is 15.5. The van der Waals surface area contributed by atoms with Crippen LogP contribution in [0.1, 0.15) is 36.5 Å². The molecule has 0 amide bonds. The first kappa shape index (κ1) is 19.5. The van der Waals surface area contributed by atoms with Gasteiger partial charge in [0.05, 0.1) is 6.61 Å². The second-order valence-electron chi connectivity index (χ2n) is 5.82. The number of rotatable bonds is 9. The average molecular weight is 355 g/mol. The van der Waals surface area contributed by atoms with E-state index in [1.807, 2.05) is 62.4 Å². The number of carbonyl (C=O) groups excluding carboxylic acids is 1. The first-order valence-corrected chi connectivity index (χ1v) is 8.72. The highest BCUT2D eigenvalue weighted by atomic mass is 16.6. The number of carbonyl (C=O) groups is 1. The monoisotopic (exact) mass is 355 g/mol. The smallest absolute Gasteiger partial charge is 0.361 e. The molecule has 5 heteroatoms. The second kappa shape index (κ2) is 10.2. The van der Waals surface area contributed by atoms with Crippen molar-refractivity contribution in [1.82, 2.24) is 0 Å². The Hall–Kier alpha value is -2.82. The molecule has 5 nitrogen and oxygen atoms in total. The van der Waals surface area contributed by atoms with Crippen molar-refractivity contribution in [2.75, 3.05) is 13.7 Å². The third-order valence-corrected chi connectivity index (χ3v) is 3.86. The largest absolute Gasteiger partial charge is 0.489 e. The van der Waals surface area contributed by atoms with Crippen molar-refractivity contribution in [2.24, 2.45) is 5.16 Å². The highest BCUT2D eigenvalue weighted by Crippen LogP contribution is 2.20. The van der Waals surface area contributed by atoms with Crippen molar-refractivity contribution in [1.29, 1.82) is 0 Å². The van der Waals surface area contributed by atoms with Crippen LogP contribution < -0.4 is 4.74 Å². The van der Waals surface area contributed by atoms with Crippen molar-refractivity contribution in [3.05, 3.63) is 65.2 Å². The van der Waals surface area contributed by atoms with E-state index in [1.165, 1.54) is 7.11 Å². The van der Waals surface area contributed by atoms with E-state index in [0.717, 1.165) is 29.7 Å². The molecule has 0 atom stereocenters. The molecule has 0 spiro atoms. The molecule has 0 N–H and O–H groups in total. The van der Waals surface area contributed by atoms with E-state index in [2.05, 4.69) is 5.16 Å². The van der Waals surface area contributed by atoms with Crippen LogP contribution in [-0.2, 0) is 21.0 Å². The summed E-state index contributed by atoms with van der Waals surface area (Å²) in [5.74, 6) is 0.307. The van der Waals surface area contributed by atoms with E-state index in [0.29, 0.717) is 18.8 Å². The Morgan fingerprint density at radius 1 is 1.08 bits per heavy atom. The van der Waals surface area contributed by atoms with E-state index in [9.17, 15) is 4.79 Å². The summed E-state index contributed by atoms with van der Waals surface area (Å²) in [6.07, 6.45) is 1.76. The fourth-order valence-electron chi connectivity index (χ4n) is 2.42. The van der Waals surface area contributed by atoms with Crippen molar-refractivity contribution in [3.63, 3.8) is 0 Å². The van der Waals surface area contributed by atoms with Crippen molar-refractivity contribution in [2.45, 2.75) is 33.3 Å². The van der Waals surface area contributed by atoms with Crippen molar-refractivity contribution in [3.8, 4) is 5.75 Å². The highest BCUT2D eigenvalue weighted by molar-refractivity contribution is 6.43. The molecule has 0 fully saturated rings. The quantitative estimate of drug-likeness (QED) is 0.292. The van der Waals surface area contributed by atoms with Gasteiger partial charge in [-0.15, -0.1) is 0 Å². The van der Waals surface area contributed by atoms with Crippen LogP contribution in [0, 0.1) is 6.92 Å². The number of esters is 1. The van der Waals surface area contributed by atoms with Gasteiger partial charge in [-0.1, -0.05) is 61.0 Å². The molecule has 0 aromatic heterocycles. The number of hydrogen-bond donors (Lipinski definition) is 0. The number of para-hydroxylation sites is 1. The lowest BCUT2D eigenvalue weighted by atomic mass is 10.0. The number of aryl methyl sites for hydroxylation is 1.